The van der Waals surface area contributed by atoms with Gasteiger partial charge >= 0.3 is 12.1 Å². The van der Waals surface area contributed by atoms with E-state index < -0.39 is 49.2 Å². The van der Waals surface area contributed by atoms with E-state index in [2.05, 4.69) is 4.72 Å². The number of sulfone groups is 1. The van der Waals surface area contributed by atoms with Crippen molar-refractivity contribution >= 4 is 49.2 Å². The number of benzene rings is 3. The first-order chi connectivity index (χ1) is 19.9. The second-order valence-corrected chi connectivity index (χ2v) is 14.9. The van der Waals surface area contributed by atoms with E-state index in [0.29, 0.717) is 22.6 Å². The molecule has 0 saturated heterocycles. The molecule has 0 bridgehead atoms. The molecule has 0 aliphatic carbocycles. The lowest BCUT2D eigenvalue weighted by atomic mass is 10.1. The number of aliphatic hydroxyl groups is 1. The van der Waals surface area contributed by atoms with Gasteiger partial charge in [0.05, 0.1) is 39.9 Å². The quantitative estimate of drug-likeness (QED) is 0.265. The number of amides is 1. The zero-order valence-electron chi connectivity index (χ0n) is 23.9. The predicted molar refractivity (Wildman–Crippen MR) is 162 cm³/mol. The molecule has 0 fully saturated rings. The van der Waals surface area contributed by atoms with Gasteiger partial charge in [0, 0.05) is 11.6 Å². The lowest BCUT2D eigenvalue weighted by Gasteiger charge is -2.29. The highest BCUT2D eigenvalue weighted by atomic mass is 35.5. The Morgan fingerprint density at radius 1 is 0.977 bits per heavy atom. The Balaban J connectivity index is 1.80. The minimum absolute atomic E-state index is 0.0716. The minimum atomic E-state index is -4.16. The number of nitrogens with one attached hydrogen (secondary N) is 1. The Kier molecular flexibility index (Phi) is 10.5. The van der Waals surface area contributed by atoms with Crippen molar-refractivity contribution < 1.29 is 41.4 Å². The number of halogens is 1. The molecule has 0 aliphatic rings. The molecule has 0 radical (unpaired) electrons. The zero-order chi connectivity index (χ0) is 32.2. The Hall–Kier alpha value is -3.65. The van der Waals surface area contributed by atoms with Crippen LogP contribution in [0.2, 0.25) is 5.02 Å². The van der Waals surface area contributed by atoms with Gasteiger partial charge in [-0.25, -0.2) is 26.4 Å². The number of aliphatic hydroxyl groups excluding tert-OH is 1. The number of carboxylic acid groups (broad SMARTS) is 1. The summed E-state index contributed by atoms with van der Waals surface area (Å²) >= 11 is 6.04. The zero-order valence-corrected chi connectivity index (χ0v) is 26.3. The van der Waals surface area contributed by atoms with Crippen LogP contribution < -0.4 is 4.72 Å². The van der Waals surface area contributed by atoms with Gasteiger partial charge in [-0.1, -0.05) is 35.9 Å². The van der Waals surface area contributed by atoms with Crippen molar-refractivity contribution in [1.29, 1.82) is 0 Å². The van der Waals surface area contributed by atoms with Crippen molar-refractivity contribution in [3.63, 3.8) is 0 Å². The SMILES string of the molecule is CC(C)(C)OC(=O)N(CCc1ccc(S(=O)(=O)c2ccc(NS(C)(=O)=O)c(C(=O)O)c2)cc1)C[C@@H](O)c1cccc(Cl)c1. The third-order valence-electron chi connectivity index (χ3n) is 6.01. The van der Waals surface area contributed by atoms with Crippen LogP contribution in [0.15, 0.2) is 76.5 Å². The fourth-order valence-corrected chi connectivity index (χ4v) is 6.07. The van der Waals surface area contributed by atoms with E-state index >= 15 is 0 Å². The molecule has 3 N–H and O–H groups in total. The molecule has 0 heterocycles. The summed E-state index contributed by atoms with van der Waals surface area (Å²) in [6.07, 6.45) is -0.514. The number of carbonyl (C=O) groups is 2. The van der Waals surface area contributed by atoms with E-state index in [9.17, 15) is 36.6 Å². The van der Waals surface area contributed by atoms with Crippen molar-refractivity contribution in [3.05, 3.63) is 88.4 Å². The molecule has 1 atom stereocenters. The van der Waals surface area contributed by atoms with Gasteiger partial charge in [0.1, 0.15) is 5.60 Å². The molecule has 11 nitrogen and oxygen atoms in total. The summed E-state index contributed by atoms with van der Waals surface area (Å²) in [5.74, 6) is -1.51. The first kappa shape index (κ1) is 33.8. The van der Waals surface area contributed by atoms with Gasteiger partial charge in [0.2, 0.25) is 19.9 Å². The second-order valence-electron chi connectivity index (χ2n) is 10.8. The Labute approximate surface area is 256 Å². The number of rotatable bonds is 11. The smallest absolute Gasteiger partial charge is 0.410 e. The monoisotopic (exact) mass is 652 g/mol. The highest BCUT2D eigenvalue weighted by molar-refractivity contribution is 7.92. The number of carbonyl (C=O) groups excluding carboxylic acids is 1. The normalized spacial score (nSPS) is 12.8. The molecule has 1 amide bonds. The molecule has 0 spiro atoms. The van der Waals surface area contributed by atoms with Crippen LogP contribution in [0.5, 0.6) is 0 Å². The molecule has 3 rings (SSSR count). The van der Waals surface area contributed by atoms with Crippen LogP contribution in [0.3, 0.4) is 0 Å². The van der Waals surface area contributed by atoms with E-state index in [4.69, 9.17) is 16.3 Å². The molecule has 0 aromatic heterocycles. The number of nitrogens with zero attached hydrogens (tertiary/aromatic N) is 1. The van der Waals surface area contributed by atoms with Crippen LogP contribution in [-0.2, 0) is 31.0 Å². The van der Waals surface area contributed by atoms with Crippen LogP contribution in [0.1, 0.15) is 48.4 Å². The number of hydrogen-bond donors (Lipinski definition) is 3. The first-order valence-electron chi connectivity index (χ1n) is 13.0. The maximum Gasteiger partial charge on any atom is 0.410 e. The predicted octanol–water partition coefficient (Wildman–Crippen LogP) is 4.76. The summed E-state index contributed by atoms with van der Waals surface area (Å²) in [5, 5.41) is 20.7. The summed E-state index contributed by atoms with van der Waals surface area (Å²) in [7, 11) is -7.96. The fourth-order valence-electron chi connectivity index (χ4n) is 4.00. The first-order valence-corrected chi connectivity index (χ1v) is 16.7. The van der Waals surface area contributed by atoms with E-state index in [1.807, 2.05) is 0 Å². The Morgan fingerprint density at radius 3 is 2.16 bits per heavy atom. The molecule has 3 aromatic rings. The molecule has 43 heavy (non-hydrogen) atoms. The van der Waals surface area contributed by atoms with E-state index in [-0.39, 0.29) is 28.6 Å². The van der Waals surface area contributed by atoms with Crippen molar-refractivity contribution in [1.82, 2.24) is 4.90 Å². The van der Waals surface area contributed by atoms with Crippen molar-refractivity contribution in [2.24, 2.45) is 0 Å². The van der Waals surface area contributed by atoms with Gasteiger partial charge in [-0.3, -0.25) is 4.72 Å². The van der Waals surface area contributed by atoms with Crippen LogP contribution in [0, 0.1) is 0 Å². The maximum atomic E-state index is 13.2. The Bertz CT molecular complexity index is 1700. The number of ether oxygens (including phenoxy) is 1. The average molecular weight is 653 g/mol. The fraction of sp³-hybridized carbons (Fsp3) is 0.310. The highest BCUT2D eigenvalue weighted by Crippen LogP contribution is 2.27. The second kappa shape index (κ2) is 13.3. The van der Waals surface area contributed by atoms with Gasteiger partial charge in [-0.2, -0.15) is 0 Å². The summed E-state index contributed by atoms with van der Waals surface area (Å²) in [4.78, 5) is 25.6. The molecule has 232 valence electrons. The van der Waals surface area contributed by atoms with Crippen molar-refractivity contribution in [2.45, 2.75) is 48.7 Å². The standard InChI is InChI=1S/C29H33ClN2O9S2/c1-29(2,3)41-28(36)32(18-26(33)20-6-5-7-21(30)16-20)15-14-19-8-10-22(11-9-19)43(39,40)23-12-13-25(31-42(4,37)38)24(17-23)27(34)35/h5-13,16-17,26,31,33H,14-15,18H2,1-4H3,(H,34,35)/t26-/m1/s1. The maximum absolute atomic E-state index is 13.2. The number of hydrogen-bond acceptors (Lipinski definition) is 8. The summed E-state index contributed by atoms with van der Waals surface area (Å²) in [6.45, 7) is 5.26. The number of carboxylic acids is 1. The Morgan fingerprint density at radius 2 is 1.60 bits per heavy atom. The van der Waals surface area contributed by atoms with Gasteiger partial charge in [-0.05, 0) is 80.8 Å². The molecule has 0 unspecified atom stereocenters. The van der Waals surface area contributed by atoms with Gasteiger partial charge in [0.15, 0.2) is 0 Å². The van der Waals surface area contributed by atoms with Crippen molar-refractivity contribution in [2.75, 3.05) is 24.1 Å². The molecule has 3 aromatic carbocycles. The third kappa shape index (κ3) is 9.68. The van der Waals surface area contributed by atoms with Crippen LogP contribution in [-0.4, -0.2) is 69.0 Å². The van der Waals surface area contributed by atoms with Crippen LogP contribution in [0.4, 0.5) is 10.5 Å². The largest absolute Gasteiger partial charge is 0.478 e. The summed E-state index contributed by atoms with van der Waals surface area (Å²) in [5.41, 5.74) is -0.346. The highest BCUT2D eigenvalue weighted by Gasteiger charge is 2.26. The number of anilines is 1. The van der Waals surface area contributed by atoms with Crippen LogP contribution >= 0.6 is 11.6 Å². The van der Waals surface area contributed by atoms with E-state index in [0.717, 1.165) is 24.5 Å². The van der Waals surface area contributed by atoms with Gasteiger partial charge < -0.3 is 19.8 Å². The molecule has 0 aliphatic heterocycles. The van der Waals surface area contributed by atoms with Crippen LogP contribution in [0.25, 0.3) is 0 Å². The molecular weight excluding hydrogens is 620 g/mol. The van der Waals surface area contributed by atoms with E-state index in [1.165, 1.54) is 17.0 Å². The van der Waals surface area contributed by atoms with Gasteiger partial charge in [0.25, 0.3) is 0 Å². The van der Waals surface area contributed by atoms with Crippen molar-refractivity contribution in [3.8, 4) is 0 Å². The minimum Gasteiger partial charge on any atom is -0.478 e. The van der Waals surface area contributed by atoms with E-state index in [1.54, 1.807) is 57.2 Å². The number of aromatic carboxylic acids is 1. The summed E-state index contributed by atoms with van der Waals surface area (Å²) in [6, 6.07) is 15.6. The molecular formula is C29H33ClN2O9S2. The lowest BCUT2D eigenvalue weighted by Crippen LogP contribution is -2.40. The summed E-state index contributed by atoms with van der Waals surface area (Å²) < 4.78 is 57.2. The topological polar surface area (TPSA) is 167 Å². The third-order valence-corrected chi connectivity index (χ3v) is 8.60. The van der Waals surface area contributed by atoms with Gasteiger partial charge in [-0.15, -0.1) is 0 Å². The number of sulfonamides is 1. The molecule has 14 heteroatoms. The lowest BCUT2D eigenvalue weighted by molar-refractivity contribution is 0.0147. The molecule has 0 saturated carbocycles. The average Bonchev–Trinajstić information content (AvgIpc) is 2.89.